The first-order valence-corrected chi connectivity index (χ1v) is 6.87. The number of hydrogen-bond donors (Lipinski definition) is 2. The van der Waals surface area contributed by atoms with Gasteiger partial charge in [-0.15, -0.1) is 0 Å². The summed E-state index contributed by atoms with van der Waals surface area (Å²) < 4.78 is 5.78. The largest absolute Gasteiger partial charge is 0.480 e. The van der Waals surface area contributed by atoms with Crippen LogP contribution in [0.15, 0.2) is 28.8 Å². The third kappa shape index (κ3) is 2.98. The lowest BCUT2D eigenvalue weighted by atomic mass is 10.2. The number of H-pyrrole nitrogens is 1. The minimum absolute atomic E-state index is 0.458. The molecule has 1 saturated heterocycles. The second kappa shape index (κ2) is 5.71. The number of likely N-dealkylation sites (N-methyl/N-ethyl adjacent to an activating group) is 1. The molecule has 7 nitrogen and oxygen atoms in total. The van der Waals surface area contributed by atoms with Crippen LogP contribution in [0.25, 0.3) is 11.5 Å². The standard InChI is InChI=1S/C14H18N4O3/c1-17-6-7-18(9-12(17)14(19)20)8-10-2-3-13(21-10)11-4-5-15-16-11/h2-5,12H,6-9H2,1H3,(H,15,16)(H,19,20)/t12-/m1/s1. The molecule has 1 aliphatic rings. The van der Waals surface area contributed by atoms with Gasteiger partial charge < -0.3 is 9.52 Å². The lowest BCUT2D eigenvalue weighted by Gasteiger charge is -2.36. The van der Waals surface area contributed by atoms with E-state index in [1.54, 1.807) is 6.20 Å². The van der Waals surface area contributed by atoms with Crippen LogP contribution < -0.4 is 0 Å². The van der Waals surface area contributed by atoms with Gasteiger partial charge in [0.15, 0.2) is 5.76 Å². The number of nitrogens with one attached hydrogen (secondary N) is 1. The Morgan fingerprint density at radius 2 is 2.33 bits per heavy atom. The number of piperazine rings is 1. The maximum Gasteiger partial charge on any atom is 0.322 e. The molecule has 2 aromatic heterocycles. The molecule has 7 heteroatoms. The summed E-state index contributed by atoms with van der Waals surface area (Å²) in [6, 6.07) is 5.21. The molecular weight excluding hydrogens is 272 g/mol. The molecule has 0 spiro atoms. The third-order valence-corrected chi connectivity index (χ3v) is 3.82. The molecule has 0 unspecified atom stereocenters. The molecule has 2 aromatic rings. The highest BCUT2D eigenvalue weighted by Gasteiger charge is 2.30. The highest BCUT2D eigenvalue weighted by Crippen LogP contribution is 2.21. The minimum atomic E-state index is -0.778. The van der Waals surface area contributed by atoms with Gasteiger partial charge >= 0.3 is 5.97 Å². The van der Waals surface area contributed by atoms with Gasteiger partial charge in [0.1, 0.15) is 17.5 Å². The van der Waals surface area contributed by atoms with Crippen molar-refractivity contribution in [1.29, 1.82) is 0 Å². The van der Waals surface area contributed by atoms with Crippen molar-refractivity contribution in [2.75, 3.05) is 26.7 Å². The fourth-order valence-electron chi connectivity index (χ4n) is 2.56. The Labute approximate surface area is 122 Å². The Hall–Kier alpha value is -2.12. The molecule has 1 aliphatic heterocycles. The molecule has 21 heavy (non-hydrogen) atoms. The molecule has 0 radical (unpaired) electrons. The highest BCUT2D eigenvalue weighted by molar-refractivity contribution is 5.73. The van der Waals surface area contributed by atoms with Gasteiger partial charge in [-0.1, -0.05) is 0 Å². The second-order valence-corrected chi connectivity index (χ2v) is 5.31. The minimum Gasteiger partial charge on any atom is -0.480 e. The fraction of sp³-hybridized carbons (Fsp3) is 0.429. The van der Waals surface area contributed by atoms with Crippen molar-refractivity contribution in [3.05, 3.63) is 30.2 Å². The first-order chi connectivity index (χ1) is 10.1. The number of hydrogen-bond acceptors (Lipinski definition) is 5. The van der Waals surface area contributed by atoms with Crippen molar-refractivity contribution in [3.8, 4) is 11.5 Å². The Balaban J connectivity index is 1.65. The second-order valence-electron chi connectivity index (χ2n) is 5.31. The van der Waals surface area contributed by atoms with Crippen LogP contribution in [0.1, 0.15) is 5.76 Å². The van der Waals surface area contributed by atoms with Gasteiger partial charge in [0.2, 0.25) is 0 Å². The number of carbonyl (C=O) groups is 1. The lowest BCUT2D eigenvalue weighted by Crippen LogP contribution is -2.54. The van der Waals surface area contributed by atoms with E-state index < -0.39 is 12.0 Å². The van der Waals surface area contributed by atoms with Gasteiger partial charge in [-0.2, -0.15) is 5.10 Å². The van der Waals surface area contributed by atoms with Gasteiger partial charge in [0, 0.05) is 25.8 Å². The summed E-state index contributed by atoms with van der Waals surface area (Å²) in [5.41, 5.74) is 0.836. The maximum atomic E-state index is 11.2. The van der Waals surface area contributed by atoms with E-state index in [-0.39, 0.29) is 0 Å². The molecule has 1 atom stereocenters. The zero-order valence-corrected chi connectivity index (χ0v) is 11.8. The van der Waals surface area contributed by atoms with E-state index in [4.69, 9.17) is 4.42 Å². The van der Waals surface area contributed by atoms with E-state index in [9.17, 15) is 9.90 Å². The van der Waals surface area contributed by atoms with E-state index >= 15 is 0 Å². The third-order valence-electron chi connectivity index (χ3n) is 3.82. The smallest absolute Gasteiger partial charge is 0.322 e. The van der Waals surface area contributed by atoms with E-state index in [0.29, 0.717) is 13.1 Å². The molecule has 0 aliphatic carbocycles. The summed E-state index contributed by atoms with van der Waals surface area (Å²) in [7, 11) is 1.85. The number of furan rings is 1. The summed E-state index contributed by atoms with van der Waals surface area (Å²) >= 11 is 0. The van der Waals surface area contributed by atoms with Crippen molar-refractivity contribution < 1.29 is 14.3 Å². The van der Waals surface area contributed by atoms with Gasteiger partial charge in [0.05, 0.1) is 6.54 Å². The number of aliphatic carboxylic acids is 1. The predicted molar refractivity (Wildman–Crippen MR) is 75.6 cm³/mol. The van der Waals surface area contributed by atoms with Crippen LogP contribution in [0.5, 0.6) is 0 Å². The number of carboxylic acid groups (broad SMARTS) is 1. The molecule has 0 saturated carbocycles. The van der Waals surface area contributed by atoms with Gasteiger partial charge in [-0.05, 0) is 25.2 Å². The van der Waals surface area contributed by atoms with Crippen molar-refractivity contribution in [1.82, 2.24) is 20.0 Å². The lowest BCUT2D eigenvalue weighted by molar-refractivity contribution is -0.145. The monoisotopic (exact) mass is 290 g/mol. The Bertz CT molecular complexity index is 608. The van der Waals surface area contributed by atoms with Crippen LogP contribution in [0.4, 0.5) is 0 Å². The number of rotatable bonds is 4. The predicted octanol–water partition coefficient (Wildman–Crippen LogP) is 0.870. The van der Waals surface area contributed by atoms with Crippen molar-refractivity contribution in [2.24, 2.45) is 0 Å². The van der Waals surface area contributed by atoms with Crippen LogP contribution >= 0.6 is 0 Å². The zero-order chi connectivity index (χ0) is 14.8. The van der Waals surface area contributed by atoms with Crippen molar-refractivity contribution in [2.45, 2.75) is 12.6 Å². The van der Waals surface area contributed by atoms with Gasteiger partial charge in [-0.25, -0.2) is 0 Å². The normalized spacial score (nSPS) is 20.7. The number of carboxylic acids is 1. The molecule has 3 heterocycles. The summed E-state index contributed by atoms with van der Waals surface area (Å²) in [6.07, 6.45) is 1.68. The van der Waals surface area contributed by atoms with Crippen LogP contribution in [-0.4, -0.2) is 63.8 Å². The van der Waals surface area contributed by atoms with E-state index in [2.05, 4.69) is 15.1 Å². The van der Waals surface area contributed by atoms with E-state index in [1.807, 2.05) is 30.1 Å². The van der Waals surface area contributed by atoms with Crippen LogP contribution in [0, 0.1) is 0 Å². The SMILES string of the molecule is CN1CCN(Cc2ccc(-c3ccn[nH]3)o2)C[C@@H]1C(=O)O. The van der Waals surface area contributed by atoms with Crippen molar-refractivity contribution in [3.63, 3.8) is 0 Å². The Morgan fingerprint density at radius 3 is 3.05 bits per heavy atom. The van der Waals surface area contributed by atoms with Crippen LogP contribution in [0.3, 0.4) is 0 Å². The summed E-state index contributed by atoms with van der Waals surface area (Å²) in [4.78, 5) is 15.2. The first-order valence-electron chi connectivity index (χ1n) is 6.87. The zero-order valence-electron chi connectivity index (χ0n) is 11.8. The molecule has 2 N–H and O–H groups in total. The highest BCUT2D eigenvalue weighted by atomic mass is 16.4. The van der Waals surface area contributed by atoms with Crippen LogP contribution in [-0.2, 0) is 11.3 Å². The number of nitrogens with zero attached hydrogens (tertiary/aromatic N) is 3. The van der Waals surface area contributed by atoms with Crippen molar-refractivity contribution >= 4 is 5.97 Å². The van der Waals surface area contributed by atoms with E-state index in [0.717, 1.165) is 30.3 Å². The first kappa shape index (κ1) is 13.8. The molecule has 112 valence electrons. The summed E-state index contributed by atoms with van der Waals surface area (Å²) in [5, 5.41) is 16.0. The number of aromatic amines is 1. The fourth-order valence-corrected chi connectivity index (χ4v) is 2.56. The summed E-state index contributed by atoms with van der Waals surface area (Å²) in [6.45, 7) is 2.70. The molecule has 0 bridgehead atoms. The quantitative estimate of drug-likeness (QED) is 0.869. The van der Waals surface area contributed by atoms with Gasteiger partial charge in [0.25, 0.3) is 0 Å². The van der Waals surface area contributed by atoms with Gasteiger partial charge in [-0.3, -0.25) is 19.7 Å². The average Bonchev–Trinajstić information content (AvgIpc) is 3.11. The number of aromatic nitrogens is 2. The summed E-state index contributed by atoms with van der Waals surface area (Å²) in [5.74, 6) is 0.791. The topological polar surface area (TPSA) is 85.6 Å². The Morgan fingerprint density at radius 1 is 1.48 bits per heavy atom. The molecule has 1 fully saturated rings. The molecule has 3 rings (SSSR count). The molecule has 0 aromatic carbocycles. The maximum absolute atomic E-state index is 11.2. The van der Waals surface area contributed by atoms with Crippen LogP contribution in [0.2, 0.25) is 0 Å². The van der Waals surface area contributed by atoms with E-state index in [1.165, 1.54) is 0 Å². The Kier molecular flexibility index (Phi) is 3.76. The molecule has 0 amide bonds. The average molecular weight is 290 g/mol. The molecular formula is C14H18N4O3.